The van der Waals surface area contributed by atoms with Gasteiger partial charge in [0, 0.05) is 27.8 Å². The summed E-state index contributed by atoms with van der Waals surface area (Å²) in [5.74, 6) is 0.850. The summed E-state index contributed by atoms with van der Waals surface area (Å²) in [5, 5.41) is 3.69. The molecule has 0 aromatic heterocycles. The van der Waals surface area contributed by atoms with Gasteiger partial charge in [-0.15, -0.1) is 11.8 Å². The lowest BCUT2D eigenvalue weighted by Gasteiger charge is -2.07. The lowest BCUT2D eigenvalue weighted by atomic mass is 10.1. The zero-order valence-electron chi connectivity index (χ0n) is 15.2. The quantitative estimate of drug-likeness (QED) is 0.503. The highest BCUT2D eigenvalue weighted by molar-refractivity contribution is 7.98. The van der Waals surface area contributed by atoms with Gasteiger partial charge in [0.1, 0.15) is 0 Å². The first kappa shape index (κ1) is 19.5. The van der Waals surface area contributed by atoms with E-state index in [4.69, 9.17) is 11.6 Å². The van der Waals surface area contributed by atoms with Gasteiger partial charge in [-0.25, -0.2) is 0 Å². The van der Waals surface area contributed by atoms with Crippen LogP contribution in [0.25, 0.3) is 0 Å². The monoisotopic (exact) mass is 395 g/mol. The molecule has 0 radical (unpaired) electrons. The third kappa shape index (κ3) is 6.16. The van der Waals surface area contributed by atoms with Crippen molar-refractivity contribution in [3.05, 3.63) is 100 Å². The smallest absolute Gasteiger partial charge is 0.251 e. The Balaban J connectivity index is 1.46. The van der Waals surface area contributed by atoms with Gasteiger partial charge in [-0.3, -0.25) is 4.79 Å². The Morgan fingerprint density at radius 3 is 2.19 bits per heavy atom. The number of hydrogen-bond acceptors (Lipinski definition) is 2. The van der Waals surface area contributed by atoms with Crippen LogP contribution in [0.2, 0.25) is 5.02 Å². The normalized spacial score (nSPS) is 10.6. The van der Waals surface area contributed by atoms with Crippen molar-refractivity contribution in [2.75, 3.05) is 6.54 Å². The number of carbonyl (C=O) groups excluding carboxylic acids is 1. The van der Waals surface area contributed by atoms with Gasteiger partial charge in [0.15, 0.2) is 0 Å². The molecule has 3 rings (SSSR count). The Morgan fingerprint density at radius 1 is 0.889 bits per heavy atom. The van der Waals surface area contributed by atoms with Crippen molar-refractivity contribution in [3.63, 3.8) is 0 Å². The van der Waals surface area contributed by atoms with E-state index in [9.17, 15) is 4.79 Å². The van der Waals surface area contributed by atoms with Crippen molar-refractivity contribution in [1.82, 2.24) is 5.32 Å². The van der Waals surface area contributed by atoms with Crippen molar-refractivity contribution in [3.8, 4) is 0 Å². The van der Waals surface area contributed by atoms with Gasteiger partial charge in [-0.1, -0.05) is 53.6 Å². The Morgan fingerprint density at radius 2 is 1.52 bits per heavy atom. The maximum Gasteiger partial charge on any atom is 0.251 e. The summed E-state index contributed by atoms with van der Waals surface area (Å²) < 4.78 is 0. The average Bonchev–Trinajstić information content (AvgIpc) is 2.69. The van der Waals surface area contributed by atoms with Crippen LogP contribution in [0.4, 0.5) is 0 Å². The van der Waals surface area contributed by atoms with Crippen molar-refractivity contribution in [1.29, 1.82) is 0 Å². The zero-order chi connectivity index (χ0) is 19.1. The second-order valence-corrected chi connectivity index (χ2v) is 7.92. The molecule has 0 heterocycles. The molecule has 1 N–H and O–H groups in total. The highest BCUT2D eigenvalue weighted by Crippen LogP contribution is 2.23. The molecule has 4 heteroatoms. The maximum absolute atomic E-state index is 12.3. The van der Waals surface area contributed by atoms with E-state index in [0.29, 0.717) is 12.1 Å². The molecule has 0 aliphatic heterocycles. The van der Waals surface area contributed by atoms with Crippen molar-refractivity contribution >= 4 is 29.3 Å². The SMILES string of the molecule is Cc1ccc(SCc2ccc(C(=O)NCCc3ccc(Cl)cc3)cc2)cc1. The minimum atomic E-state index is -0.0401. The maximum atomic E-state index is 12.3. The second-order valence-electron chi connectivity index (χ2n) is 6.43. The first-order chi connectivity index (χ1) is 13.1. The molecule has 0 aliphatic carbocycles. The molecule has 0 bridgehead atoms. The summed E-state index contributed by atoms with van der Waals surface area (Å²) >= 11 is 7.68. The molecule has 0 saturated carbocycles. The Kier molecular flexibility index (Phi) is 6.97. The van der Waals surface area contributed by atoms with Gasteiger partial charge in [-0.05, 0) is 60.9 Å². The summed E-state index contributed by atoms with van der Waals surface area (Å²) in [6.45, 7) is 2.69. The zero-order valence-corrected chi connectivity index (χ0v) is 16.8. The van der Waals surface area contributed by atoms with Gasteiger partial charge >= 0.3 is 0 Å². The summed E-state index contributed by atoms with van der Waals surface area (Å²) in [6, 6.07) is 24.1. The number of aryl methyl sites for hydroxylation is 1. The van der Waals surface area contributed by atoms with Gasteiger partial charge in [0.05, 0.1) is 0 Å². The van der Waals surface area contributed by atoms with Gasteiger partial charge in [-0.2, -0.15) is 0 Å². The first-order valence-corrected chi connectivity index (χ1v) is 10.3. The van der Waals surface area contributed by atoms with Crippen molar-refractivity contribution in [2.45, 2.75) is 24.0 Å². The Hall–Kier alpha value is -2.23. The van der Waals surface area contributed by atoms with Crippen LogP contribution < -0.4 is 5.32 Å². The van der Waals surface area contributed by atoms with E-state index in [1.807, 2.05) is 48.5 Å². The largest absolute Gasteiger partial charge is 0.352 e. The van der Waals surface area contributed by atoms with Crippen molar-refractivity contribution < 1.29 is 4.79 Å². The van der Waals surface area contributed by atoms with Crippen LogP contribution in [0.15, 0.2) is 77.7 Å². The van der Waals surface area contributed by atoms with Crippen LogP contribution in [0.3, 0.4) is 0 Å². The molecule has 2 nitrogen and oxygen atoms in total. The van der Waals surface area contributed by atoms with E-state index < -0.39 is 0 Å². The molecule has 0 saturated heterocycles. The molecular weight excluding hydrogens is 374 g/mol. The third-order valence-corrected chi connectivity index (χ3v) is 5.59. The number of hydrogen-bond donors (Lipinski definition) is 1. The fourth-order valence-electron chi connectivity index (χ4n) is 2.63. The number of benzene rings is 3. The molecular formula is C23H22ClNOS. The summed E-state index contributed by atoms with van der Waals surface area (Å²) in [7, 11) is 0. The van der Waals surface area contributed by atoms with E-state index in [1.54, 1.807) is 11.8 Å². The predicted octanol–water partition coefficient (Wildman–Crippen LogP) is 5.91. The molecule has 0 atom stereocenters. The van der Waals surface area contributed by atoms with Gasteiger partial charge < -0.3 is 5.32 Å². The van der Waals surface area contributed by atoms with Crippen LogP contribution >= 0.6 is 23.4 Å². The highest BCUT2D eigenvalue weighted by atomic mass is 35.5. The number of halogens is 1. The van der Waals surface area contributed by atoms with E-state index >= 15 is 0 Å². The van der Waals surface area contributed by atoms with Gasteiger partial charge in [0.25, 0.3) is 5.91 Å². The van der Waals surface area contributed by atoms with E-state index in [0.717, 1.165) is 22.8 Å². The lowest BCUT2D eigenvalue weighted by molar-refractivity contribution is 0.0954. The number of thioether (sulfide) groups is 1. The third-order valence-electron chi connectivity index (χ3n) is 4.26. The van der Waals surface area contributed by atoms with Crippen LogP contribution in [-0.4, -0.2) is 12.5 Å². The molecule has 1 amide bonds. The number of carbonyl (C=O) groups is 1. The molecule has 138 valence electrons. The second kappa shape index (κ2) is 9.63. The van der Waals surface area contributed by atoms with E-state index in [2.05, 4.69) is 36.5 Å². The molecule has 3 aromatic rings. The molecule has 27 heavy (non-hydrogen) atoms. The molecule has 0 spiro atoms. The number of rotatable bonds is 7. The highest BCUT2D eigenvalue weighted by Gasteiger charge is 2.05. The topological polar surface area (TPSA) is 29.1 Å². The Bertz CT molecular complexity index is 874. The summed E-state index contributed by atoms with van der Waals surface area (Å²) in [6.07, 6.45) is 0.786. The van der Waals surface area contributed by atoms with Crippen LogP contribution in [0.5, 0.6) is 0 Å². The minimum absolute atomic E-state index is 0.0401. The summed E-state index contributed by atoms with van der Waals surface area (Å²) in [5.41, 5.74) is 4.32. The number of amides is 1. The Labute approximate surface area is 170 Å². The first-order valence-electron chi connectivity index (χ1n) is 8.91. The van der Waals surface area contributed by atoms with Crippen LogP contribution in [0, 0.1) is 6.92 Å². The predicted molar refractivity (Wildman–Crippen MR) is 115 cm³/mol. The molecule has 0 fully saturated rings. The van der Waals surface area contributed by atoms with Crippen LogP contribution in [0.1, 0.15) is 27.0 Å². The average molecular weight is 396 g/mol. The minimum Gasteiger partial charge on any atom is -0.352 e. The molecule has 0 aliphatic rings. The van der Waals surface area contributed by atoms with Gasteiger partial charge in [0.2, 0.25) is 0 Å². The van der Waals surface area contributed by atoms with Crippen LogP contribution in [-0.2, 0) is 12.2 Å². The summed E-state index contributed by atoms with van der Waals surface area (Å²) in [4.78, 5) is 13.5. The number of nitrogens with one attached hydrogen (secondary N) is 1. The van der Waals surface area contributed by atoms with E-state index in [-0.39, 0.29) is 5.91 Å². The fraction of sp³-hybridized carbons (Fsp3) is 0.174. The lowest BCUT2D eigenvalue weighted by Crippen LogP contribution is -2.25. The standard InChI is InChI=1S/C23H22ClNOS/c1-17-2-12-22(13-3-17)27-16-19-4-8-20(9-5-19)23(26)25-15-14-18-6-10-21(24)11-7-18/h2-13H,14-16H2,1H3,(H,25,26). The molecule has 0 unspecified atom stereocenters. The van der Waals surface area contributed by atoms with E-state index in [1.165, 1.54) is 16.0 Å². The fourth-order valence-corrected chi connectivity index (χ4v) is 3.61. The van der Waals surface area contributed by atoms with Crippen molar-refractivity contribution in [2.24, 2.45) is 0 Å². The molecule has 3 aromatic carbocycles.